The number of amides is 1. The van der Waals surface area contributed by atoms with Crippen LogP contribution >= 0.6 is 23.2 Å². The van der Waals surface area contributed by atoms with Crippen LogP contribution in [-0.4, -0.2) is 47.0 Å². The van der Waals surface area contributed by atoms with Gasteiger partial charge in [0.2, 0.25) is 5.91 Å². The van der Waals surface area contributed by atoms with Crippen molar-refractivity contribution in [1.29, 1.82) is 0 Å². The van der Waals surface area contributed by atoms with Crippen LogP contribution in [0.4, 0.5) is 5.82 Å². The molecule has 1 aliphatic rings. The summed E-state index contributed by atoms with van der Waals surface area (Å²) in [6.45, 7) is 4.40. The van der Waals surface area contributed by atoms with Crippen molar-refractivity contribution in [3.8, 4) is 11.4 Å². The van der Waals surface area contributed by atoms with Gasteiger partial charge in [0.1, 0.15) is 5.82 Å². The van der Waals surface area contributed by atoms with E-state index in [9.17, 15) is 4.79 Å². The van der Waals surface area contributed by atoms with Crippen molar-refractivity contribution in [2.24, 2.45) is 0 Å². The van der Waals surface area contributed by atoms with Crippen molar-refractivity contribution in [2.75, 3.05) is 31.1 Å². The summed E-state index contributed by atoms with van der Waals surface area (Å²) in [5, 5.41) is 2.23. The van der Waals surface area contributed by atoms with Crippen molar-refractivity contribution in [3.05, 3.63) is 52.5 Å². The van der Waals surface area contributed by atoms with E-state index in [-0.39, 0.29) is 5.91 Å². The zero-order chi connectivity index (χ0) is 19.0. The van der Waals surface area contributed by atoms with Crippen LogP contribution in [0.15, 0.2) is 42.5 Å². The molecule has 1 amide bonds. The lowest BCUT2D eigenvalue weighted by Crippen LogP contribution is -2.48. The van der Waals surface area contributed by atoms with Crippen LogP contribution in [0.2, 0.25) is 10.0 Å². The quantitative estimate of drug-likeness (QED) is 0.644. The van der Waals surface area contributed by atoms with Gasteiger partial charge in [0.25, 0.3) is 0 Å². The molecule has 1 aliphatic heterocycles. The molecule has 0 N–H and O–H groups in total. The second-order valence-corrected chi connectivity index (χ2v) is 7.41. The number of hydrogen-bond donors (Lipinski definition) is 0. The topological polar surface area (TPSA) is 49.3 Å². The molecule has 3 aromatic rings. The molecular weight excluding hydrogens is 383 g/mol. The van der Waals surface area contributed by atoms with E-state index in [1.165, 1.54) is 0 Å². The average Bonchev–Trinajstić information content (AvgIpc) is 2.68. The lowest BCUT2D eigenvalue weighted by molar-refractivity contribution is -0.129. The highest BCUT2D eigenvalue weighted by atomic mass is 35.5. The molecule has 27 heavy (non-hydrogen) atoms. The molecule has 0 aliphatic carbocycles. The van der Waals surface area contributed by atoms with Crippen LogP contribution in [-0.2, 0) is 4.79 Å². The summed E-state index contributed by atoms with van der Waals surface area (Å²) in [5.74, 6) is 1.59. The summed E-state index contributed by atoms with van der Waals surface area (Å²) in [6.07, 6.45) is 0. The Morgan fingerprint density at radius 2 is 1.59 bits per heavy atom. The Morgan fingerprint density at radius 3 is 2.26 bits per heavy atom. The first-order chi connectivity index (χ1) is 13.0. The predicted molar refractivity (Wildman–Crippen MR) is 109 cm³/mol. The molecule has 0 atom stereocenters. The van der Waals surface area contributed by atoms with E-state index in [1.807, 2.05) is 47.4 Å². The van der Waals surface area contributed by atoms with Crippen molar-refractivity contribution >= 4 is 45.8 Å². The van der Waals surface area contributed by atoms with Gasteiger partial charge in [0.15, 0.2) is 5.82 Å². The molecule has 2 aromatic carbocycles. The van der Waals surface area contributed by atoms with Crippen molar-refractivity contribution in [3.63, 3.8) is 0 Å². The van der Waals surface area contributed by atoms with Gasteiger partial charge in [-0.05, 0) is 42.5 Å². The first kappa shape index (κ1) is 18.0. The van der Waals surface area contributed by atoms with E-state index in [0.29, 0.717) is 29.0 Å². The molecule has 0 radical (unpaired) electrons. The lowest BCUT2D eigenvalue weighted by atomic mass is 10.1. The van der Waals surface area contributed by atoms with Gasteiger partial charge in [-0.15, -0.1) is 0 Å². The summed E-state index contributed by atoms with van der Waals surface area (Å²) in [6, 6.07) is 13.1. The molecule has 1 saturated heterocycles. The van der Waals surface area contributed by atoms with Crippen molar-refractivity contribution < 1.29 is 4.79 Å². The first-order valence-corrected chi connectivity index (χ1v) is 9.50. The minimum atomic E-state index is 0.104. The van der Waals surface area contributed by atoms with Gasteiger partial charge in [-0.2, -0.15) is 0 Å². The van der Waals surface area contributed by atoms with Crippen LogP contribution in [0.5, 0.6) is 0 Å². The van der Waals surface area contributed by atoms with E-state index in [2.05, 4.69) is 4.90 Å². The maximum atomic E-state index is 11.6. The number of fused-ring (bicyclic) bond motifs is 1. The third-order valence-electron chi connectivity index (χ3n) is 4.76. The first-order valence-electron chi connectivity index (χ1n) is 8.75. The number of anilines is 1. The van der Waals surface area contributed by atoms with Crippen LogP contribution in [0.1, 0.15) is 6.92 Å². The number of carbonyl (C=O) groups is 1. The number of halogens is 2. The predicted octanol–water partition coefficient (Wildman–Crippen LogP) is 4.27. The lowest BCUT2D eigenvalue weighted by Gasteiger charge is -2.35. The smallest absolute Gasteiger partial charge is 0.219 e. The molecule has 5 nitrogen and oxygen atoms in total. The minimum absolute atomic E-state index is 0.104. The summed E-state index contributed by atoms with van der Waals surface area (Å²) in [5.41, 5.74) is 1.74. The standard InChI is InChI=1S/C20H18Cl2N4O/c1-13(27)25-8-10-26(11-9-25)20-17-12-16(22)6-7-18(17)23-19(24-20)14-2-4-15(21)5-3-14/h2-7,12H,8-11H2,1H3. The maximum Gasteiger partial charge on any atom is 0.219 e. The second kappa shape index (κ2) is 7.33. The Morgan fingerprint density at radius 1 is 0.926 bits per heavy atom. The molecule has 0 spiro atoms. The number of hydrogen-bond acceptors (Lipinski definition) is 4. The normalized spacial score (nSPS) is 14.6. The summed E-state index contributed by atoms with van der Waals surface area (Å²) < 4.78 is 0. The van der Waals surface area contributed by atoms with Gasteiger partial charge in [-0.25, -0.2) is 9.97 Å². The monoisotopic (exact) mass is 400 g/mol. The summed E-state index contributed by atoms with van der Waals surface area (Å²) in [7, 11) is 0. The number of piperazine rings is 1. The minimum Gasteiger partial charge on any atom is -0.352 e. The Balaban J connectivity index is 1.79. The molecule has 0 unspecified atom stereocenters. The van der Waals surface area contributed by atoms with Gasteiger partial charge in [-0.1, -0.05) is 23.2 Å². The Bertz CT molecular complexity index is 999. The number of aromatic nitrogens is 2. The SMILES string of the molecule is CC(=O)N1CCN(c2nc(-c3ccc(Cl)cc3)nc3ccc(Cl)cc23)CC1. The highest BCUT2D eigenvalue weighted by Gasteiger charge is 2.22. The Hall–Kier alpha value is -2.37. The number of rotatable bonds is 2. The summed E-state index contributed by atoms with van der Waals surface area (Å²) in [4.78, 5) is 25.2. The highest BCUT2D eigenvalue weighted by Crippen LogP contribution is 2.30. The van der Waals surface area contributed by atoms with Gasteiger partial charge in [-0.3, -0.25) is 4.79 Å². The molecule has 0 bridgehead atoms. The van der Waals surface area contributed by atoms with Crippen LogP contribution < -0.4 is 4.90 Å². The fourth-order valence-corrected chi connectivity index (χ4v) is 3.58. The average molecular weight is 401 g/mol. The fraction of sp³-hybridized carbons (Fsp3) is 0.250. The number of benzene rings is 2. The molecule has 138 valence electrons. The van der Waals surface area contributed by atoms with E-state index in [1.54, 1.807) is 6.92 Å². The number of carbonyl (C=O) groups excluding carboxylic acids is 1. The van der Waals surface area contributed by atoms with Gasteiger partial charge >= 0.3 is 0 Å². The zero-order valence-electron chi connectivity index (χ0n) is 14.8. The second-order valence-electron chi connectivity index (χ2n) is 6.53. The fourth-order valence-electron chi connectivity index (χ4n) is 3.29. The Kier molecular flexibility index (Phi) is 4.89. The zero-order valence-corrected chi connectivity index (χ0v) is 16.3. The van der Waals surface area contributed by atoms with Crippen molar-refractivity contribution in [1.82, 2.24) is 14.9 Å². The highest BCUT2D eigenvalue weighted by molar-refractivity contribution is 6.31. The van der Waals surface area contributed by atoms with Crippen LogP contribution in [0.3, 0.4) is 0 Å². The Labute approximate surface area is 167 Å². The van der Waals surface area contributed by atoms with E-state index in [4.69, 9.17) is 33.2 Å². The third kappa shape index (κ3) is 3.70. The molecule has 1 aromatic heterocycles. The third-order valence-corrected chi connectivity index (χ3v) is 5.25. The van der Waals surface area contributed by atoms with Gasteiger partial charge in [0, 0.05) is 54.1 Å². The molecule has 4 rings (SSSR count). The summed E-state index contributed by atoms with van der Waals surface area (Å²) >= 11 is 12.2. The molecule has 7 heteroatoms. The number of nitrogens with zero attached hydrogens (tertiary/aromatic N) is 4. The van der Waals surface area contributed by atoms with Gasteiger partial charge in [0.05, 0.1) is 5.52 Å². The maximum absolute atomic E-state index is 11.6. The molecule has 2 heterocycles. The van der Waals surface area contributed by atoms with E-state index >= 15 is 0 Å². The van der Waals surface area contributed by atoms with Gasteiger partial charge < -0.3 is 9.80 Å². The van der Waals surface area contributed by atoms with Crippen LogP contribution in [0.25, 0.3) is 22.3 Å². The van der Waals surface area contributed by atoms with Crippen molar-refractivity contribution in [2.45, 2.75) is 6.92 Å². The molecule has 1 fully saturated rings. The van der Waals surface area contributed by atoms with Crippen LogP contribution in [0, 0.1) is 0 Å². The molecular formula is C20H18Cl2N4O. The van der Waals surface area contributed by atoms with E-state index in [0.717, 1.165) is 35.4 Å². The molecule has 0 saturated carbocycles. The van der Waals surface area contributed by atoms with E-state index < -0.39 is 0 Å². The largest absolute Gasteiger partial charge is 0.352 e.